The van der Waals surface area contributed by atoms with Gasteiger partial charge in [0.1, 0.15) is 18.6 Å². The first-order valence-electron chi connectivity index (χ1n) is 8.92. The van der Waals surface area contributed by atoms with Crippen LogP contribution in [0.15, 0.2) is 29.6 Å². The number of thioether (sulfide) groups is 1. The van der Waals surface area contributed by atoms with Crippen LogP contribution in [0.1, 0.15) is 26.3 Å². The minimum atomic E-state index is -0.713. The molecule has 0 aliphatic heterocycles. The predicted octanol–water partition coefficient (Wildman–Crippen LogP) is 3.54. The van der Waals surface area contributed by atoms with Crippen LogP contribution in [-0.4, -0.2) is 48.1 Å². The molecule has 152 valence electrons. The number of fused-ring (bicyclic) bond motifs is 1. The summed E-state index contributed by atoms with van der Waals surface area (Å²) in [6.07, 6.45) is 5.06. The fraction of sp³-hybridized carbons (Fsp3) is 0.450. The first-order valence-corrected chi connectivity index (χ1v) is 10.2. The van der Waals surface area contributed by atoms with Gasteiger partial charge in [0, 0.05) is 5.39 Å². The summed E-state index contributed by atoms with van der Waals surface area (Å²) in [4.78, 5) is 21.8. The second-order valence-electron chi connectivity index (χ2n) is 6.73. The molecule has 1 atom stereocenters. The zero-order chi connectivity index (χ0) is 20.7. The van der Waals surface area contributed by atoms with Gasteiger partial charge in [0.15, 0.2) is 0 Å². The zero-order valence-electron chi connectivity index (χ0n) is 17.1. The lowest BCUT2D eigenvalue weighted by Gasteiger charge is -2.24. The molecule has 7 nitrogen and oxygen atoms in total. The van der Waals surface area contributed by atoms with Gasteiger partial charge in [-0.25, -0.2) is 0 Å². The van der Waals surface area contributed by atoms with Crippen LogP contribution in [0.5, 0.6) is 11.5 Å². The number of carbonyl (C=O) groups is 1. The molecule has 1 aromatic heterocycles. The molecule has 1 heterocycles. The van der Waals surface area contributed by atoms with Crippen LogP contribution in [0, 0.1) is 6.92 Å². The number of pyridine rings is 1. The number of ether oxygens (including phenoxy) is 2. The maximum absolute atomic E-state index is 12.7. The topological polar surface area (TPSA) is 82.0 Å². The first kappa shape index (κ1) is 21.8. The van der Waals surface area contributed by atoms with Gasteiger partial charge in [-0.1, -0.05) is 5.16 Å². The van der Waals surface area contributed by atoms with Crippen molar-refractivity contribution >= 4 is 34.8 Å². The molecule has 0 aliphatic carbocycles. The Morgan fingerprint density at radius 1 is 1.36 bits per heavy atom. The number of aromatic nitrogens is 1. The number of nitrogens with zero attached hydrogens (tertiary/aromatic N) is 2. The van der Waals surface area contributed by atoms with E-state index in [0.717, 1.165) is 16.5 Å². The third-order valence-corrected chi connectivity index (χ3v) is 4.57. The Hall–Kier alpha value is -2.48. The van der Waals surface area contributed by atoms with E-state index in [1.54, 1.807) is 6.20 Å². The van der Waals surface area contributed by atoms with Gasteiger partial charge in [-0.15, -0.1) is 11.8 Å². The largest absolute Gasteiger partial charge is 0.492 e. The van der Waals surface area contributed by atoms with Gasteiger partial charge in [-0.2, -0.15) is 0 Å². The number of aryl methyl sites for hydroxylation is 1. The standard InChI is InChI=1S/C20H27N3O4S/c1-7-26-16-10-14-9-15(8-13(2)17(14)21-11-16)27-19(28-6)18(24)23-20(3,4)12-22-25-5/h8-12,19H,7H2,1-6H3,(H,23,24)/b22-12+. The highest BCUT2D eigenvalue weighted by atomic mass is 32.2. The maximum atomic E-state index is 12.7. The molecule has 1 amide bonds. The van der Waals surface area contributed by atoms with Crippen molar-refractivity contribution in [2.24, 2.45) is 5.16 Å². The molecule has 1 N–H and O–H groups in total. The van der Waals surface area contributed by atoms with Gasteiger partial charge < -0.3 is 19.6 Å². The summed E-state index contributed by atoms with van der Waals surface area (Å²) in [6, 6.07) is 5.67. The Labute approximate surface area is 169 Å². The first-order chi connectivity index (χ1) is 13.3. The van der Waals surface area contributed by atoms with E-state index in [1.165, 1.54) is 25.1 Å². The quantitative estimate of drug-likeness (QED) is 0.390. The molecule has 8 heteroatoms. The molecule has 0 spiro atoms. The summed E-state index contributed by atoms with van der Waals surface area (Å²) in [5.74, 6) is 1.04. The Bertz CT molecular complexity index is 855. The van der Waals surface area contributed by atoms with E-state index in [9.17, 15) is 4.79 Å². The van der Waals surface area contributed by atoms with E-state index in [-0.39, 0.29) is 5.91 Å². The number of hydrogen-bond donors (Lipinski definition) is 1. The molecule has 1 aromatic carbocycles. The zero-order valence-corrected chi connectivity index (χ0v) is 17.9. The average Bonchev–Trinajstić information content (AvgIpc) is 2.64. The van der Waals surface area contributed by atoms with Crippen molar-refractivity contribution in [2.75, 3.05) is 20.0 Å². The number of benzene rings is 1. The second kappa shape index (κ2) is 9.64. The van der Waals surface area contributed by atoms with E-state index in [4.69, 9.17) is 9.47 Å². The van der Waals surface area contributed by atoms with E-state index < -0.39 is 11.0 Å². The Balaban J connectivity index is 2.22. The summed E-state index contributed by atoms with van der Waals surface area (Å²) in [6.45, 7) is 8.10. The highest BCUT2D eigenvalue weighted by Crippen LogP contribution is 2.28. The number of hydrogen-bond acceptors (Lipinski definition) is 7. The lowest BCUT2D eigenvalue weighted by atomic mass is 10.1. The molecule has 0 bridgehead atoms. The lowest BCUT2D eigenvalue weighted by molar-refractivity contribution is -0.125. The molecule has 0 aliphatic rings. The Morgan fingerprint density at radius 2 is 2.07 bits per heavy atom. The van der Waals surface area contributed by atoms with Crippen LogP contribution >= 0.6 is 11.8 Å². The van der Waals surface area contributed by atoms with Crippen molar-refractivity contribution in [2.45, 2.75) is 38.7 Å². The van der Waals surface area contributed by atoms with E-state index >= 15 is 0 Å². The minimum Gasteiger partial charge on any atom is -0.492 e. The van der Waals surface area contributed by atoms with Crippen molar-refractivity contribution < 1.29 is 19.1 Å². The Kier molecular flexibility index (Phi) is 7.51. The van der Waals surface area contributed by atoms with Crippen LogP contribution in [0.4, 0.5) is 0 Å². The summed E-state index contributed by atoms with van der Waals surface area (Å²) in [5, 5.41) is 7.52. The molecular formula is C20H27N3O4S. The van der Waals surface area contributed by atoms with Crippen LogP contribution in [0.2, 0.25) is 0 Å². The molecule has 2 aromatic rings. The van der Waals surface area contributed by atoms with Crippen molar-refractivity contribution in [3.8, 4) is 11.5 Å². The number of nitrogens with one attached hydrogen (secondary N) is 1. The van der Waals surface area contributed by atoms with Crippen molar-refractivity contribution in [3.05, 3.63) is 30.0 Å². The summed E-state index contributed by atoms with van der Waals surface area (Å²) in [5.41, 5.74) is 0.455. The number of amides is 1. The molecular weight excluding hydrogens is 378 g/mol. The lowest BCUT2D eigenvalue weighted by Crippen LogP contribution is -2.49. The third-order valence-electron chi connectivity index (χ3n) is 3.83. The van der Waals surface area contributed by atoms with Gasteiger partial charge in [0.25, 0.3) is 5.91 Å². The Morgan fingerprint density at radius 3 is 2.71 bits per heavy atom. The molecule has 1 unspecified atom stereocenters. The third kappa shape index (κ3) is 5.76. The average molecular weight is 406 g/mol. The van der Waals surface area contributed by atoms with Crippen molar-refractivity contribution in [1.29, 1.82) is 0 Å². The van der Waals surface area contributed by atoms with Gasteiger partial charge in [-0.3, -0.25) is 9.78 Å². The van der Waals surface area contributed by atoms with E-state index in [1.807, 2.05) is 52.1 Å². The molecule has 0 fully saturated rings. The molecule has 2 rings (SSSR count). The second-order valence-corrected chi connectivity index (χ2v) is 7.63. The van der Waals surface area contributed by atoms with Crippen molar-refractivity contribution in [1.82, 2.24) is 10.3 Å². The minimum absolute atomic E-state index is 0.251. The summed E-state index contributed by atoms with van der Waals surface area (Å²) < 4.78 is 11.5. The van der Waals surface area contributed by atoms with Crippen LogP contribution in [0.3, 0.4) is 0 Å². The molecule has 0 saturated heterocycles. The van der Waals surface area contributed by atoms with Gasteiger partial charge >= 0.3 is 0 Å². The normalized spacial score (nSPS) is 12.8. The van der Waals surface area contributed by atoms with Crippen LogP contribution in [0.25, 0.3) is 10.9 Å². The molecule has 0 radical (unpaired) electrons. The van der Waals surface area contributed by atoms with E-state index in [0.29, 0.717) is 18.1 Å². The van der Waals surface area contributed by atoms with Crippen LogP contribution < -0.4 is 14.8 Å². The monoisotopic (exact) mass is 405 g/mol. The highest BCUT2D eigenvalue weighted by Gasteiger charge is 2.26. The molecule has 28 heavy (non-hydrogen) atoms. The number of carbonyl (C=O) groups excluding carboxylic acids is 1. The van der Waals surface area contributed by atoms with Crippen LogP contribution in [-0.2, 0) is 9.63 Å². The summed E-state index contributed by atoms with van der Waals surface area (Å²) >= 11 is 1.31. The smallest absolute Gasteiger partial charge is 0.272 e. The SMILES string of the molecule is CCOc1cnc2c(C)cc(OC(SC)C(=O)NC(C)(C)/C=N/OC)cc2c1. The van der Waals surface area contributed by atoms with Gasteiger partial charge in [0.2, 0.25) is 5.44 Å². The van der Waals surface area contributed by atoms with Gasteiger partial charge in [0.05, 0.1) is 30.1 Å². The predicted molar refractivity (Wildman–Crippen MR) is 113 cm³/mol. The highest BCUT2D eigenvalue weighted by molar-refractivity contribution is 7.99. The van der Waals surface area contributed by atoms with E-state index in [2.05, 4.69) is 20.3 Å². The summed E-state index contributed by atoms with van der Waals surface area (Å²) in [7, 11) is 1.45. The fourth-order valence-corrected chi connectivity index (χ4v) is 3.10. The molecule has 0 saturated carbocycles. The maximum Gasteiger partial charge on any atom is 0.272 e. The van der Waals surface area contributed by atoms with Gasteiger partial charge in [-0.05, 0) is 57.7 Å². The van der Waals surface area contributed by atoms with Crippen molar-refractivity contribution in [3.63, 3.8) is 0 Å². The number of rotatable bonds is 9. The number of oxime groups is 1. The fourth-order valence-electron chi connectivity index (χ4n) is 2.62.